The molecule has 4 heteroatoms. The molecule has 1 heterocycles. The van der Waals surface area contributed by atoms with Gasteiger partial charge in [-0.15, -0.1) is 0 Å². The Morgan fingerprint density at radius 1 is 1.35 bits per heavy atom. The van der Waals surface area contributed by atoms with Crippen molar-refractivity contribution in [2.75, 3.05) is 17.2 Å². The summed E-state index contributed by atoms with van der Waals surface area (Å²) in [6.07, 6.45) is 5.67. The summed E-state index contributed by atoms with van der Waals surface area (Å²) < 4.78 is 0. The van der Waals surface area contributed by atoms with Crippen LogP contribution in [0.2, 0.25) is 0 Å². The number of nitrogens with one attached hydrogen (secondary N) is 2. The zero-order valence-electron chi connectivity index (χ0n) is 11.0. The lowest BCUT2D eigenvalue weighted by Crippen LogP contribution is -2.18. The molecule has 1 aliphatic rings. The Kier molecular flexibility index (Phi) is 3.82. The summed E-state index contributed by atoms with van der Waals surface area (Å²) in [5.74, 6) is 2.83. The van der Waals surface area contributed by atoms with E-state index in [-0.39, 0.29) is 0 Å². The van der Waals surface area contributed by atoms with Crippen molar-refractivity contribution < 1.29 is 0 Å². The van der Waals surface area contributed by atoms with E-state index in [4.69, 9.17) is 0 Å². The normalized spacial score (nSPS) is 16.6. The molecule has 4 nitrogen and oxygen atoms in total. The standard InChI is InChI=1S/C13H22N4/c1-4-14-12-10(3)13(16-8-15-12)17-9(2)7-11-5-6-11/h8-9,11H,4-7H2,1-3H3,(H2,14,15,16,17). The van der Waals surface area contributed by atoms with Crippen LogP contribution in [0.4, 0.5) is 11.6 Å². The molecule has 2 N–H and O–H groups in total. The molecular formula is C13H22N4. The smallest absolute Gasteiger partial charge is 0.134 e. The first-order valence-corrected chi connectivity index (χ1v) is 6.52. The van der Waals surface area contributed by atoms with E-state index in [1.807, 2.05) is 0 Å². The van der Waals surface area contributed by atoms with Crippen molar-refractivity contribution in [3.63, 3.8) is 0 Å². The first kappa shape index (κ1) is 12.1. The summed E-state index contributed by atoms with van der Waals surface area (Å²) in [4.78, 5) is 8.57. The van der Waals surface area contributed by atoms with Crippen LogP contribution in [0.3, 0.4) is 0 Å². The molecule has 1 fully saturated rings. The van der Waals surface area contributed by atoms with Crippen LogP contribution in [-0.2, 0) is 0 Å². The monoisotopic (exact) mass is 234 g/mol. The average Bonchev–Trinajstić information content (AvgIpc) is 3.08. The minimum atomic E-state index is 0.491. The summed E-state index contributed by atoms with van der Waals surface area (Å²) in [5.41, 5.74) is 1.11. The first-order valence-electron chi connectivity index (χ1n) is 6.52. The van der Waals surface area contributed by atoms with Crippen molar-refractivity contribution >= 4 is 11.6 Å². The van der Waals surface area contributed by atoms with E-state index in [2.05, 4.69) is 41.4 Å². The molecule has 0 radical (unpaired) electrons. The molecular weight excluding hydrogens is 212 g/mol. The summed E-state index contributed by atoms with van der Waals surface area (Å²) in [5, 5.41) is 6.74. The van der Waals surface area contributed by atoms with Gasteiger partial charge in [0.15, 0.2) is 0 Å². The van der Waals surface area contributed by atoms with E-state index in [0.717, 1.165) is 29.7 Å². The Hall–Kier alpha value is -1.32. The van der Waals surface area contributed by atoms with Gasteiger partial charge in [0, 0.05) is 18.2 Å². The number of rotatable bonds is 6. The maximum absolute atomic E-state index is 4.33. The van der Waals surface area contributed by atoms with Crippen molar-refractivity contribution in [3.05, 3.63) is 11.9 Å². The minimum absolute atomic E-state index is 0.491. The van der Waals surface area contributed by atoms with Crippen LogP contribution in [0.5, 0.6) is 0 Å². The minimum Gasteiger partial charge on any atom is -0.370 e. The lowest BCUT2D eigenvalue weighted by molar-refractivity contribution is 0.639. The largest absolute Gasteiger partial charge is 0.370 e. The lowest BCUT2D eigenvalue weighted by atomic mass is 10.1. The highest BCUT2D eigenvalue weighted by Gasteiger charge is 2.23. The molecule has 17 heavy (non-hydrogen) atoms. The number of nitrogens with zero attached hydrogens (tertiary/aromatic N) is 2. The van der Waals surface area contributed by atoms with Crippen LogP contribution in [0.15, 0.2) is 6.33 Å². The molecule has 0 spiro atoms. The molecule has 0 amide bonds. The quantitative estimate of drug-likeness (QED) is 0.794. The maximum Gasteiger partial charge on any atom is 0.134 e. The Labute approximate surface area is 103 Å². The van der Waals surface area contributed by atoms with Gasteiger partial charge >= 0.3 is 0 Å². The Morgan fingerprint density at radius 3 is 2.71 bits per heavy atom. The molecule has 0 bridgehead atoms. The number of hydrogen-bond donors (Lipinski definition) is 2. The molecule has 1 aromatic rings. The van der Waals surface area contributed by atoms with Gasteiger partial charge in [-0.2, -0.15) is 0 Å². The summed E-state index contributed by atoms with van der Waals surface area (Å²) in [6.45, 7) is 7.25. The van der Waals surface area contributed by atoms with Gasteiger partial charge in [-0.1, -0.05) is 12.8 Å². The van der Waals surface area contributed by atoms with Crippen LogP contribution in [-0.4, -0.2) is 22.6 Å². The van der Waals surface area contributed by atoms with Crippen molar-refractivity contribution in [1.29, 1.82) is 0 Å². The molecule has 1 unspecified atom stereocenters. The van der Waals surface area contributed by atoms with Crippen LogP contribution in [0.25, 0.3) is 0 Å². The summed E-state index contributed by atoms with van der Waals surface area (Å²) >= 11 is 0. The molecule has 1 saturated carbocycles. The fraction of sp³-hybridized carbons (Fsp3) is 0.692. The van der Waals surface area contributed by atoms with Gasteiger partial charge in [-0.25, -0.2) is 9.97 Å². The van der Waals surface area contributed by atoms with E-state index >= 15 is 0 Å². The van der Waals surface area contributed by atoms with E-state index in [0.29, 0.717) is 6.04 Å². The van der Waals surface area contributed by atoms with E-state index in [1.165, 1.54) is 19.3 Å². The number of aromatic nitrogens is 2. The third-order valence-electron chi connectivity index (χ3n) is 3.20. The van der Waals surface area contributed by atoms with E-state index in [1.54, 1.807) is 6.33 Å². The molecule has 0 saturated heterocycles. The Bertz CT molecular complexity index is 374. The Balaban J connectivity index is 2.00. The number of hydrogen-bond acceptors (Lipinski definition) is 4. The molecule has 94 valence electrons. The van der Waals surface area contributed by atoms with Gasteiger partial charge in [0.25, 0.3) is 0 Å². The van der Waals surface area contributed by atoms with Gasteiger partial charge < -0.3 is 10.6 Å². The maximum atomic E-state index is 4.33. The van der Waals surface area contributed by atoms with Gasteiger partial charge in [0.2, 0.25) is 0 Å². The van der Waals surface area contributed by atoms with Crippen LogP contribution in [0, 0.1) is 12.8 Å². The van der Waals surface area contributed by atoms with Crippen LogP contribution in [0.1, 0.15) is 38.7 Å². The zero-order valence-corrected chi connectivity index (χ0v) is 11.0. The lowest BCUT2D eigenvalue weighted by Gasteiger charge is -2.17. The number of anilines is 2. The third kappa shape index (κ3) is 3.32. The third-order valence-corrected chi connectivity index (χ3v) is 3.20. The predicted molar refractivity (Wildman–Crippen MR) is 71.4 cm³/mol. The zero-order chi connectivity index (χ0) is 12.3. The second-order valence-corrected chi connectivity index (χ2v) is 4.95. The molecule has 0 aliphatic heterocycles. The SMILES string of the molecule is CCNc1ncnc(NC(C)CC2CC2)c1C. The van der Waals surface area contributed by atoms with Gasteiger partial charge in [0.05, 0.1) is 0 Å². The summed E-state index contributed by atoms with van der Waals surface area (Å²) in [7, 11) is 0. The average molecular weight is 234 g/mol. The highest BCUT2D eigenvalue weighted by molar-refractivity contribution is 5.56. The Morgan fingerprint density at radius 2 is 2.06 bits per heavy atom. The fourth-order valence-corrected chi connectivity index (χ4v) is 2.09. The fourth-order valence-electron chi connectivity index (χ4n) is 2.09. The van der Waals surface area contributed by atoms with Crippen LogP contribution >= 0.6 is 0 Å². The van der Waals surface area contributed by atoms with Crippen molar-refractivity contribution in [2.24, 2.45) is 5.92 Å². The van der Waals surface area contributed by atoms with Gasteiger partial charge in [-0.05, 0) is 33.1 Å². The highest BCUT2D eigenvalue weighted by Crippen LogP contribution is 2.34. The highest BCUT2D eigenvalue weighted by atomic mass is 15.1. The van der Waals surface area contributed by atoms with Gasteiger partial charge in [-0.3, -0.25) is 0 Å². The summed E-state index contributed by atoms with van der Waals surface area (Å²) in [6, 6.07) is 0.491. The van der Waals surface area contributed by atoms with E-state index in [9.17, 15) is 0 Å². The topological polar surface area (TPSA) is 49.8 Å². The molecule has 2 rings (SSSR count). The second kappa shape index (κ2) is 5.34. The van der Waals surface area contributed by atoms with Crippen molar-refractivity contribution in [1.82, 2.24) is 9.97 Å². The predicted octanol–water partition coefficient (Wildman–Crippen LogP) is 2.82. The molecule has 1 atom stereocenters. The molecule has 1 aromatic heterocycles. The van der Waals surface area contributed by atoms with Crippen molar-refractivity contribution in [2.45, 2.75) is 46.1 Å². The van der Waals surface area contributed by atoms with Gasteiger partial charge in [0.1, 0.15) is 18.0 Å². The van der Waals surface area contributed by atoms with E-state index < -0.39 is 0 Å². The molecule has 1 aliphatic carbocycles. The van der Waals surface area contributed by atoms with Crippen LogP contribution < -0.4 is 10.6 Å². The van der Waals surface area contributed by atoms with Crippen molar-refractivity contribution in [3.8, 4) is 0 Å². The molecule has 0 aromatic carbocycles. The first-order chi connectivity index (χ1) is 8.20. The second-order valence-electron chi connectivity index (χ2n) is 4.95.